The Labute approximate surface area is 580 Å². The van der Waals surface area contributed by atoms with E-state index in [4.69, 9.17) is 95.3 Å². The third-order valence-corrected chi connectivity index (χ3v) is 11.9. The monoisotopic (exact) mass is 1410 g/mol. The zero-order valence-corrected chi connectivity index (χ0v) is 58.6. The van der Waals surface area contributed by atoms with E-state index in [2.05, 4.69) is 113 Å². The molecule has 6 heterocycles. The van der Waals surface area contributed by atoms with Crippen molar-refractivity contribution in [2.24, 2.45) is 10.2 Å². The van der Waals surface area contributed by atoms with Gasteiger partial charge in [-0.3, -0.25) is 10.2 Å². The smallest absolute Gasteiger partial charge is 0.227 e. The van der Waals surface area contributed by atoms with Gasteiger partial charge < -0.3 is 86.2 Å². The van der Waals surface area contributed by atoms with Gasteiger partial charge in [0.1, 0.15) is 62.0 Å². The largest absolute Gasteiger partial charge is 0.385 e. The second kappa shape index (κ2) is 51.7. The van der Waals surface area contributed by atoms with E-state index in [1.165, 1.54) is 18.5 Å². The molecule has 0 saturated heterocycles. The Morgan fingerprint density at radius 1 is 0.484 bits per heavy atom. The summed E-state index contributed by atoms with van der Waals surface area (Å²) >= 11 is 22.2. The van der Waals surface area contributed by atoms with Crippen molar-refractivity contribution in [1.29, 1.82) is 10.5 Å². The van der Waals surface area contributed by atoms with Crippen LogP contribution in [0.3, 0.4) is 0 Å². The van der Waals surface area contributed by atoms with E-state index in [1.54, 1.807) is 62.9 Å². The standard InChI is InChI=1S/C20H32N10O3.C16H31N5O3.C12H21ClN4O2.C4HCl3N2.C4H4N4.CH4.B.H2/c1-13(11-32-4)24-19-16(28-30-17-15(9-21)10-23-29-17)18(22-7-6-8-31-3)26-20(27-19)25-14(2)12-33-5;1-12(10-23-4)18-15-9-14(17-7-6-8-22-3)20-16(21-15)19-13(2)11-24-5;1-8(6-18-3)14-11-5-10(13)16-12(17-11)15-9(2)7-19-4;5-2-1-3(6)9-4(7)8-2;5-1-3-2-7-8-4(3)6;;;/h10,13-14H,6-8,11-12H2,1-5H3,(H,23,29)(H3,22,24,25,26,27);9,12-13H,6-8,10-11H2,1-5H3,(H3,17,18,19,20,21);5,8-9H,6-7H2,1-4H3,(H2,14,15,16,17);1H;2H,(H3,6,7,8);1H4;;1H/i;;;;;;;1+1. The van der Waals surface area contributed by atoms with Gasteiger partial charge in [0.15, 0.2) is 23.1 Å². The van der Waals surface area contributed by atoms with E-state index < -0.39 is 0 Å². The summed E-state index contributed by atoms with van der Waals surface area (Å²) < 4.78 is 41.0. The first-order chi connectivity index (χ1) is 44.7. The quantitative estimate of drug-likeness (QED) is 0.00573. The van der Waals surface area contributed by atoms with E-state index in [-0.39, 0.29) is 80.5 Å². The number of ether oxygens (including phenoxy) is 8. The molecular weight excluding hydrogens is 1320 g/mol. The van der Waals surface area contributed by atoms with Crippen LogP contribution >= 0.6 is 46.4 Å². The highest BCUT2D eigenvalue weighted by molar-refractivity contribution is 6.35. The summed E-state index contributed by atoms with van der Waals surface area (Å²) in [5.74, 6) is 5.11. The van der Waals surface area contributed by atoms with Crippen molar-refractivity contribution >= 4 is 119 Å². The second-order valence-corrected chi connectivity index (χ2v) is 21.5. The maximum atomic E-state index is 9.22. The first kappa shape index (κ1) is 87.4. The van der Waals surface area contributed by atoms with Crippen molar-refractivity contribution in [3.05, 3.63) is 62.5 Å². The van der Waals surface area contributed by atoms with Gasteiger partial charge >= 0.3 is 0 Å². The summed E-state index contributed by atoms with van der Waals surface area (Å²) in [4.78, 5) is 33.8. The van der Waals surface area contributed by atoms with E-state index in [0.717, 1.165) is 31.0 Å². The number of aromatic nitrogens is 12. The van der Waals surface area contributed by atoms with Crippen LogP contribution < -0.4 is 48.3 Å². The van der Waals surface area contributed by atoms with Crippen molar-refractivity contribution in [3.8, 4) is 12.1 Å². The van der Waals surface area contributed by atoms with Crippen LogP contribution in [0.15, 0.2) is 40.8 Å². The van der Waals surface area contributed by atoms with E-state index in [0.29, 0.717) is 117 Å². The van der Waals surface area contributed by atoms with Crippen LogP contribution in [0.2, 0.25) is 20.7 Å². The molecule has 0 fully saturated rings. The fourth-order valence-corrected chi connectivity index (χ4v) is 8.24. The maximum Gasteiger partial charge on any atom is 0.227 e. The average molecular weight is 1410 g/mol. The van der Waals surface area contributed by atoms with Crippen LogP contribution in [0.1, 0.15) is 74.4 Å². The van der Waals surface area contributed by atoms with Gasteiger partial charge in [0.25, 0.3) is 0 Å². The third-order valence-electron chi connectivity index (χ3n) is 11.2. The summed E-state index contributed by atoms with van der Waals surface area (Å²) in [6.45, 7) is 17.9. The second-order valence-electron chi connectivity index (χ2n) is 20.0. The Morgan fingerprint density at radius 3 is 1.33 bits per heavy atom. The Hall–Kier alpha value is -7.58. The number of nitrogen functional groups attached to an aromatic ring is 1. The molecule has 0 bridgehead atoms. The first-order valence-electron chi connectivity index (χ1n) is 28.9. The number of nitrogens with one attached hydrogen (secondary N) is 10. The van der Waals surface area contributed by atoms with E-state index in [9.17, 15) is 5.26 Å². The lowest BCUT2D eigenvalue weighted by atomic mass is 10.3. The Kier molecular flexibility index (Phi) is 47.6. The molecular formula is C57H95BCl4N25O8. The number of nitrogens with two attached hydrogens (primary N) is 1. The molecule has 0 aliphatic carbocycles. The minimum Gasteiger partial charge on any atom is -0.385 e. The molecule has 6 rings (SSSR count). The first-order valence-corrected chi connectivity index (χ1v) is 30.4. The molecule has 0 amide bonds. The molecule has 0 saturated carbocycles. The van der Waals surface area contributed by atoms with Gasteiger partial charge in [-0.05, 0) is 66.0 Å². The predicted molar refractivity (Wildman–Crippen MR) is 378 cm³/mol. The average Bonchev–Trinajstić information content (AvgIpc) is 0.999. The third kappa shape index (κ3) is 37.9. The van der Waals surface area contributed by atoms with Crippen molar-refractivity contribution in [1.82, 2.24) is 60.3 Å². The number of nitriles is 2. The number of rotatable bonds is 36. The van der Waals surface area contributed by atoms with Crippen molar-refractivity contribution in [2.45, 2.75) is 98.1 Å². The van der Waals surface area contributed by atoms with Gasteiger partial charge in [-0.15, -0.1) is 10.2 Å². The fraction of sp³-hybridized carbons (Fsp3) is 0.579. The van der Waals surface area contributed by atoms with E-state index >= 15 is 0 Å². The summed E-state index contributed by atoms with van der Waals surface area (Å²) in [7, 11) is 13.3. The molecule has 38 heteroatoms. The predicted octanol–water partition coefficient (Wildman–Crippen LogP) is 9.47. The number of azo groups is 1. The Balaban J connectivity index is 0. The summed E-state index contributed by atoms with van der Waals surface area (Å²) in [5, 5.41) is 65.4. The molecule has 527 valence electrons. The lowest BCUT2D eigenvalue weighted by Crippen LogP contribution is -2.25. The number of aromatic amines is 2. The van der Waals surface area contributed by atoms with Crippen LogP contribution in [-0.4, -0.2) is 228 Å². The molecule has 0 aliphatic rings. The molecule has 6 aromatic rings. The highest BCUT2D eigenvalue weighted by atomic mass is 35.5. The van der Waals surface area contributed by atoms with E-state index in [1.807, 2.05) is 59.7 Å². The maximum absolute atomic E-state index is 9.22. The number of hydrogen-bond donors (Lipinski definition) is 11. The van der Waals surface area contributed by atoms with Crippen LogP contribution in [0.25, 0.3) is 0 Å². The van der Waals surface area contributed by atoms with Crippen LogP contribution in [0.5, 0.6) is 0 Å². The van der Waals surface area contributed by atoms with Crippen LogP contribution in [-0.2, 0) is 37.9 Å². The normalized spacial score (nSPS) is 12.3. The zero-order chi connectivity index (χ0) is 68.9. The van der Waals surface area contributed by atoms with Crippen LogP contribution in [0, 0.1) is 22.7 Å². The van der Waals surface area contributed by atoms with Crippen LogP contribution in [0.4, 0.5) is 64.3 Å². The Bertz CT molecular complexity index is 3030. The van der Waals surface area contributed by atoms with Gasteiger partial charge in [-0.2, -0.15) is 45.6 Å². The summed E-state index contributed by atoms with van der Waals surface area (Å²) in [6.07, 6.45) is 4.45. The number of nitrogens with zero attached hydrogens (tertiary/aromatic N) is 14. The lowest BCUT2D eigenvalue weighted by Gasteiger charge is -2.19. The molecule has 6 atom stereocenters. The molecule has 0 spiro atoms. The van der Waals surface area contributed by atoms with Gasteiger partial charge in [0.2, 0.25) is 23.1 Å². The number of methoxy groups -OCH3 is 8. The minimum atomic E-state index is -0.0636. The van der Waals surface area contributed by atoms with Gasteiger partial charge in [-0.25, -0.2) is 15.0 Å². The molecule has 33 nitrogen and oxygen atoms in total. The number of anilines is 9. The molecule has 6 unspecified atom stereocenters. The molecule has 95 heavy (non-hydrogen) atoms. The fourth-order valence-electron chi connectivity index (χ4n) is 7.36. The van der Waals surface area contributed by atoms with Gasteiger partial charge in [-0.1, -0.05) is 42.2 Å². The van der Waals surface area contributed by atoms with Crippen molar-refractivity contribution in [3.63, 3.8) is 0 Å². The summed E-state index contributed by atoms with van der Waals surface area (Å²) in [5.41, 5.74) is 6.27. The molecule has 3 radical (unpaired) electrons. The lowest BCUT2D eigenvalue weighted by molar-refractivity contribution is 0.190. The summed E-state index contributed by atoms with van der Waals surface area (Å²) in [6, 6.07) is 9.29. The van der Waals surface area contributed by atoms with Gasteiger partial charge in [0, 0.05) is 147 Å². The SMILES string of the molecule is C.COCC(C)Nc1cc(Cl)nc(NC(C)COC)n1.COCCCNc1cc(NC(C)COC)nc(NC(C)COC)n1.COCCCNc1nc(NC(C)COC)nc(NC(C)COC)c1N=Nc1[nH]ncc1C#N.Clc1cc(Cl)nc(Cl)n1.N#Cc1cn[nH]c1N.[2HH].[B]. The number of halogens is 4. The Morgan fingerprint density at radius 2 is 0.884 bits per heavy atom. The van der Waals surface area contributed by atoms with Gasteiger partial charge in [0.05, 0.1) is 52.0 Å². The zero-order valence-electron chi connectivity index (χ0n) is 55.5. The highest BCUT2D eigenvalue weighted by Gasteiger charge is 2.19. The van der Waals surface area contributed by atoms with Crippen molar-refractivity contribution in [2.75, 3.05) is 171 Å². The topological polar surface area (TPSA) is 429 Å². The molecule has 0 aliphatic heterocycles. The molecule has 0 aromatic carbocycles. The highest BCUT2D eigenvalue weighted by Crippen LogP contribution is 2.35. The minimum absolute atomic E-state index is 0. The molecule has 6 aromatic heterocycles. The molecule has 12 N–H and O–H groups in total. The number of hydrogen-bond acceptors (Lipinski definition) is 31. The van der Waals surface area contributed by atoms with Crippen molar-refractivity contribution < 1.29 is 39.3 Å². The number of H-pyrrole nitrogens is 2.